The Morgan fingerprint density at radius 2 is 2.00 bits per heavy atom. The lowest BCUT2D eigenvalue weighted by atomic mass is 10.2. The molecule has 0 saturated carbocycles. The van der Waals surface area contributed by atoms with Crippen molar-refractivity contribution in [1.29, 1.82) is 0 Å². The maximum Gasteiger partial charge on any atom is 0.319 e. The fourth-order valence-corrected chi connectivity index (χ4v) is 1.44. The fourth-order valence-electron chi connectivity index (χ4n) is 1.01. The Balaban J connectivity index is 0.00000106. The molecule has 0 atom stereocenters. The predicted molar refractivity (Wildman–Crippen MR) is 69.2 cm³/mol. The van der Waals surface area contributed by atoms with Crippen LogP contribution >= 0.6 is 15.9 Å². The Labute approximate surface area is 105 Å². The van der Waals surface area contributed by atoms with Gasteiger partial charge in [-0.3, -0.25) is 4.79 Å². The molecule has 0 aliphatic rings. The van der Waals surface area contributed by atoms with E-state index in [0.29, 0.717) is 6.54 Å². The highest BCUT2D eigenvalue weighted by molar-refractivity contribution is 9.10. The highest BCUT2D eigenvalue weighted by Gasteiger charge is 2.00. The third-order valence-electron chi connectivity index (χ3n) is 1.77. The van der Waals surface area contributed by atoms with E-state index in [-0.39, 0.29) is 12.5 Å². The van der Waals surface area contributed by atoms with Gasteiger partial charge in [0.1, 0.15) is 0 Å². The van der Waals surface area contributed by atoms with Gasteiger partial charge in [-0.1, -0.05) is 48.0 Å². The minimum absolute atomic E-state index is 0.234. The SMILES string of the molecule is CC.COC(=O)CNCc1ccccc1Br. The predicted octanol–water partition coefficient (Wildman–Crippen LogP) is 2.74. The maximum atomic E-state index is 10.8. The largest absolute Gasteiger partial charge is 0.468 e. The molecule has 90 valence electrons. The van der Waals surface area contributed by atoms with Gasteiger partial charge in [0.25, 0.3) is 0 Å². The van der Waals surface area contributed by atoms with E-state index in [2.05, 4.69) is 26.0 Å². The zero-order chi connectivity index (χ0) is 12.4. The molecular weight excluding hydrogens is 270 g/mol. The zero-order valence-corrected chi connectivity index (χ0v) is 11.5. The summed E-state index contributed by atoms with van der Waals surface area (Å²) in [6, 6.07) is 7.87. The van der Waals surface area contributed by atoms with Crippen molar-refractivity contribution in [1.82, 2.24) is 5.32 Å². The summed E-state index contributed by atoms with van der Waals surface area (Å²) >= 11 is 3.42. The lowest BCUT2D eigenvalue weighted by molar-refractivity contribution is -0.139. The van der Waals surface area contributed by atoms with Crippen LogP contribution in [-0.4, -0.2) is 19.6 Å². The van der Waals surface area contributed by atoms with Crippen molar-refractivity contribution in [3.05, 3.63) is 34.3 Å². The van der Waals surface area contributed by atoms with Gasteiger partial charge in [-0.05, 0) is 11.6 Å². The highest BCUT2D eigenvalue weighted by Crippen LogP contribution is 2.14. The molecule has 1 rings (SSSR count). The molecule has 0 spiro atoms. The fraction of sp³-hybridized carbons (Fsp3) is 0.417. The number of carbonyl (C=O) groups is 1. The van der Waals surface area contributed by atoms with Crippen molar-refractivity contribution in [2.45, 2.75) is 20.4 Å². The second-order valence-electron chi connectivity index (χ2n) is 2.77. The van der Waals surface area contributed by atoms with Gasteiger partial charge in [-0.2, -0.15) is 0 Å². The molecule has 1 aromatic rings. The third kappa shape index (κ3) is 5.88. The quantitative estimate of drug-likeness (QED) is 0.866. The summed E-state index contributed by atoms with van der Waals surface area (Å²) in [7, 11) is 1.38. The number of carbonyl (C=O) groups excluding carboxylic acids is 1. The molecule has 0 amide bonds. The number of nitrogens with one attached hydrogen (secondary N) is 1. The molecule has 4 heteroatoms. The third-order valence-corrected chi connectivity index (χ3v) is 2.54. The van der Waals surface area contributed by atoms with Crippen LogP contribution in [0.2, 0.25) is 0 Å². The lowest BCUT2D eigenvalue weighted by Gasteiger charge is -2.05. The molecule has 0 unspecified atom stereocenters. The molecule has 0 aliphatic carbocycles. The zero-order valence-electron chi connectivity index (χ0n) is 9.92. The molecule has 1 aromatic carbocycles. The van der Waals surface area contributed by atoms with Crippen LogP contribution < -0.4 is 5.32 Å². The molecule has 1 N–H and O–H groups in total. The van der Waals surface area contributed by atoms with Crippen LogP contribution in [0.3, 0.4) is 0 Å². The molecule has 3 nitrogen and oxygen atoms in total. The van der Waals surface area contributed by atoms with Crippen LogP contribution in [0.15, 0.2) is 28.7 Å². The second kappa shape index (κ2) is 9.36. The van der Waals surface area contributed by atoms with Crippen LogP contribution in [0.5, 0.6) is 0 Å². The lowest BCUT2D eigenvalue weighted by Crippen LogP contribution is -2.23. The smallest absolute Gasteiger partial charge is 0.319 e. The van der Waals surface area contributed by atoms with E-state index in [4.69, 9.17) is 0 Å². The Kier molecular flexibility index (Phi) is 8.85. The normalized spacial score (nSPS) is 9.00. The Hall–Kier alpha value is -0.870. The first kappa shape index (κ1) is 15.1. The maximum absolute atomic E-state index is 10.8. The van der Waals surface area contributed by atoms with Crippen molar-refractivity contribution in [3.63, 3.8) is 0 Å². The molecular formula is C12H18BrNO2. The van der Waals surface area contributed by atoms with Crippen LogP contribution in [0.1, 0.15) is 19.4 Å². The summed E-state index contributed by atoms with van der Waals surface area (Å²) in [5.41, 5.74) is 1.12. The van der Waals surface area contributed by atoms with Crippen LogP contribution in [0.25, 0.3) is 0 Å². The molecule has 0 aromatic heterocycles. The summed E-state index contributed by atoms with van der Waals surface area (Å²) in [5.74, 6) is -0.253. The standard InChI is InChI=1S/C10H12BrNO2.C2H6/c1-14-10(13)7-12-6-8-4-2-3-5-9(8)11;1-2/h2-5,12H,6-7H2,1H3;1-2H3. The Bertz CT molecular complexity index is 316. The Morgan fingerprint density at radius 1 is 1.38 bits per heavy atom. The summed E-state index contributed by atoms with van der Waals surface area (Å²) in [6.45, 7) is 4.88. The number of esters is 1. The number of ether oxygens (including phenoxy) is 1. The number of halogens is 1. The first-order chi connectivity index (χ1) is 7.74. The van der Waals surface area contributed by atoms with Gasteiger partial charge in [-0.15, -0.1) is 0 Å². The number of rotatable bonds is 4. The molecule has 0 bridgehead atoms. The van der Waals surface area contributed by atoms with E-state index in [9.17, 15) is 4.79 Å². The van der Waals surface area contributed by atoms with Gasteiger partial charge >= 0.3 is 5.97 Å². The molecule has 0 radical (unpaired) electrons. The average molecular weight is 288 g/mol. The van der Waals surface area contributed by atoms with Crippen molar-refractivity contribution >= 4 is 21.9 Å². The second-order valence-corrected chi connectivity index (χ2v) is 3.63. The van der Waals surface area contributed by atoms with Crippen LogP contribution in [-0.2, 0) is 16.1 Å². The summed E-state index contributed by atoms with van der Waals surface area (Å²) in [4.78, 5) is 10.8. The number of methoxy groups -OCH3 is 1. The van der Waals surface area contributed by atoms with Gasteiger partial charge in [0.05, 0.1) is 13.7 Å². The highest BCUT2D eigenvalue weighted by atomic mass is 79.9. The summed E-state index contributed by atoms with van der Waals surface area (Å²) in [6.07, 6.45) is 0. The van der Waals surface area contributed by atoms with E-state index < -0.39 is 0 Å². The van der Waals surface area contributed by atoms with Crippen LogP contribution in [0, 0.1) is 0 Å². The van der Waals surface area contributed by atoms with Crippen molar-refractivity contribution in [3.8, 4) is 0 Å². The first-order valence-corrected chi connectivity index (χ1v) is 6.04. The number of hydrogen-bond acceptors (Lipinski definition) is 3. The summed E-state index contributed by atoms with van der Waals surface area (Å²) < 4.78 is 5.54. The monoisotopic (exact) mass is 287 g/mol. The molecule has 0 heterocycles. The Morgan fingerprint density at radius 3 is 2.56 bits per heavy atom. The molecule has 0 saturated heterocycles. The van der Waals surface area contributed by atoms with Crippen LogP contribution in [0.4, 0.5) is 0 Å². The number of benzene rings is 1. The van der Waals surface area contributed by atoms with Gasteiger partial charge in [0, 0.05) is 11.0 Å². The van der Waals surface area contributed by atoms with Gasteiger partial charge < -0.3 is 10.1 Å². The van der Waals surface area contributed by atoms with Gasteiger partial charge in [-0.25, -0.2) is 0 Å². The average Bonchev–Trinajstić information content (AvgIpc) is 2.34. The summed E-state index contributed by atoms with van der Waals surface area (Å²) in [5, 5.41) is 2.99. The van der Waals surface area contributed by atoms with E-state index in [1.54, 1.807) is 0 Å². The van der Waals surface area contributed by atoms with E-state index >= 15 is 0 Å². The number of hydrogen-bond donors (Lipinski definition) is 1. The first-order valence-electron chi connectivity index (χ1n) is 5.25. The molecule has 0 fully saturated rings. The van der Waals surface area contributed by atoms with Crippen molar-refractivity contribution in [2.24, 2.45) is 0 Å². The van der Waals surface area contributed by atoms with E-state index in [0.717, 1.165) is 10.0 Å². The molecule has 16 heavy (non-hydrogen) atoms. The minimum Gasteiger partial charge on any atom is -0.468 e. The van der Waals surface area contributed by atoms with Crippen molar-refractivity contribution in [2.75, 3.05) is 13.7 Å². The van der Waals surface area contributed by atoms with Crippen molar-refractivity contribution < 1.29 is 9.53 Å². The van der Waals surface area contributed by atoms with E-state index in [1.807, 2.05) is 38.1 Å². The minimum atomic E-state index is -0.253. The topological polar surface area (TPSA) is 38.3 Å². The molecule has 0 aliphatic heterocycles. The van der Waals surface area contributed by atoms with E-state index in [1.165, 1.54) is 7.11 Å². The van der Waals surface area contributed by atoms with Gasteiger partial charge in [0.2, 0.25) is 0 Å². The van der Waals surface area contributed by atoms with Gasteiger partial charge in [0.15, 0.2) is 0 Å².